The molecule has 2 fully saturated rings. The van der Waals surface area contributed by atoms with E-state index in [-0.39, 0.29) is 6.10 Å². The molecule has 2 aliphatic carbocycles. The first-order chi connectivity index (χ1) is 5.75. The van der Waals surface area contributed by atoms with Crippen LogP contribution in [-0.4, -0.2) is 11.2 Å². The van der Waals surface area contributed by atoms with Crippen molar-refractivity contribution in [2.75, 3.05) is 0 Å². The van der Waals surface area contributed by atoms with E-state index in [2.05, 4.69) is 6.92 Å². The molecule has 2 aliphatic rings. The number of rotatable bonds is 0. The van der Waals surface area contributed by atoms with Crippen molar-refractivity contribution in [1.82, 2.24) is 0 Å². The summed E-state index contributed by atoms with van der Waals surface area (Å²) < 4.78 is 0. The Morgan fingerprint density at radius 2 is 1.75 bits per heavy atom. The van der Waals surface area contributed by atoms with E-state index >= 15 is 0 Å². The summed E-state index contributed by atoms with van der Waals surface area (Å²) >= 11 is 0. The summed E-state index contributed by atoms with van der Waals surface area (Å²) in [7, 11) is 0. The van der Waals surface area contributed by atoms with Gasteiger partial charge in [-0.15, -0.1) is 0 Å². The number of aliphatic hydroxyl groups excluding tert-OH is 1. The van der Waals surface area contributed by atoms with Gasteiger partial charge in [-0.1, -0.05) is 26.2 Å². The van der Waals surface area contributed by atoms with Crippen LogP contribution in [0, 0.1) is 11.3 Å². The molecule has 1 nitrogen and oxygen atoms in total. The minimum absolute atomic E-state index is 0.0119. The van der Waals surface area contributed by atoms with E-state index in [4.69, 9.17) is 0 Å². The standard InChI is InChI=1S/C11H20O/c1-9-5-8-11(10(9)12)6-3-2-4-7-11/h9-10,12H,2-8H2,1H3. The molecule has 2 unspecified atom stereocenters. The van der Waals surface area contributed by atoms with Crippen molar-refractivity contribution < 1.29 is 5.11 Å². The van der Waals surface area contributed by atoms with Gasteiger partial charge in [-0.25, -0.2) is 0 Å². The maximum atomic E-state index is 10.1. The van der Waals surface area contributed by atoms with Crippen LogP contribution in [-0.2, 0) is 0 Å². The smallest absolute Gasteiger partial charge is 0.0621 e. The van der Waals surface area contributed by atoms with Crippen LogP contribution >= 0.6 is 0 Å². The summed E-state index contributed by atoms with van der Waals surface area (Å²) in [6, 6.07) is 0. The molecule has 0 aromatic carbocycles. The van der Waals surface area contributed by atoms with Crippen molar-refractivity contribution in [3.8, 4) is 0 Å². The zero-order chi connectivity index (χ0) is 8.60. The highest BCUT2D eigenvalue weighted by molar-refractivity contribution is 4.96. The molecule has 1 N–H and O–H groups in total. The molecule has 0 saturated heterocycles. The van der Waals surface area contributed by atoms with Crippen LogP contribution in [0.1, 0.15) is 51.9 Å². The molecule has 12 heavy (non-hydrogen) atoms. The molecule has 2 rings (SSSR count). The van der Waals surface area contributed by atoms with Gasteiger partial charge in [-0.2, -0.15) is 0 Å². The lowest BCUT2D eigenvalue weighted by Gasteiger charge is -2.37. The van der Waals surface area contributed by atoms with Gasteiger partial charge < -0.3 is 5.11 Å². The van der Waals surface area contributed by atoms with E-state index in [0.717, 1.165) is 0 Å². The van der Waals surface area contributed by atoms with Crippen LogP contribution in [0.25, 0.3) is 0 Å². The fourth-order valence-electron chi connectivity index (χ4n) is 3.23. The van der Waals surface area contributed by atoms with Crippen LogP contribution in [0.4, 0.5) is 0 Å². The number of hydrogen-bond acceptors (Lipinski definition) is 1. The topological polar surface area (TPSA) is 20.2 Å². The average Bonchev–Trinajstić information content (AvgIpc) is 2.37. The van der Waals surface area contributed by atoms with E-state index in [9.17, 15) is 5.11 Å². The lowest BCUT2D eigenvalue weighted by Crippen LogP contribution is -2.34. The Morgan fingerprint density at radius 1 is 1.08 bits per heavy atom. The average molecular weight is 168 g/mol. The monoisotopic (exact) mass is 168 g/mol. The van der Waals surface area contributed by atoms with Crippen molar-refractivity contribution in [1.29, 1.82) is 0 Å². The Kier molecular flexibility index (Phi) is 2.16. The Balaban J connectivity index is 2.09. The minimum Gasteiger partial charge on any atom is -0.392 e. The van der Waals surface area contributed by atoms with Crippen LogP contribution < -0.4 is 0 Å². The number of aliphatic hydroxyl groups is 1. The highest BCUT2D eigenvalue weighted by Gasteiger charge is 2.45. The highest BCUT2D eigenvalue weighted by atomic mass is 16.3. The summed E-state index contributed by atoms with van der Waals surface area (Å²) in [6.45, 7) is 2.20. The summed E-state index contributed by atoms with van der Waals surface area (Å²) in [5.74, 6) is 0.558. The molecule has 0 amide bonds. The summed E-state index contributed by atoms with van der Waals surface area (Å²) in [5.41, 5.74) is 0.359. The zero-order valence-corrected chi connectivity index (χ0v) is 8.05. The van der Waals surface area contributed by atoms with Gasteiger partial charge in [0.25, 0.3) is 0 Å². The predicted octanol–water partition coefficient (Wildman–Crippen LogP) is 2.73. The first-order valence-corrected chi connectivity index (χ1v) is 5.43. The van der Waals surface area contributed by atoms with E-state index in [1.807, 2.05) is 0 Å². The molecule has 70 valence electrons. The molecule has 0 aromatic rings. The van der Waals surface area contributed by atoms with Crippen LogP contribution in [0.2, 0.25) is 0 Å². The van der Waals surface area contributed by atoms with Crippen molar-refractivity contribution in [3.05, 3.63) is 0 Å². The molecule has 0 radical (unpaired) electrons. The fourth-order valence-corrected chi connectivity index (χ4v) is 3.23. The Hall–Kier alpha value is -0.0400. The summed E-state index contributed by atoms with van der Waals surface area (Å²) in [5, 5.41) is 10.1. The van der Waals surface area contributed by atoms with Crippen LogP contribution in [0.15, 0.2) is 0 Å². The quantitative estimate of drug-likeness (QED) is 0.589. The van der Waals surface area contributed by atoms with Crippen molar-refractivity contribution in [2.45, 2.75) is 58.0 Å². The molecule has 0 bridgehead atoms. The predicted molar refractivity (Wildman–Crippen MR) is 49.9 cm³/mol. The third kappa shape index (κ3) is 1.19. The highest BCUT2D eigenvalue weighted by Crippen LogP contribution is 2.51. The lowest BCUT2D eigenvalue weighted by atomic mass is 9.71. The van der Waals surface area contributed by atoms with Gasteiger partial charge in [-0.05, 0) is 37.0 Å². The minimum atomic E-state index is 0.0119. The first kappa shape index (κ1) is 8.55. The molecule has 2 atom stereocenters. The summed E-state index contributed by atoms with van der Waals surface area (Å²) in [4.78, 5) is 0. The third-order valence-electron chi connectivity index (χ3n) is 4.11. The van der Waals surface area contributed by atoms with Gasteiger partial charge >= 0.3 is 0 Å². The van der Waals surface area contributed by atoms with Crippen molar-refractivity contribution >= 4 is 0 Å². The summed E-state index contributed by atoms with van der Waals surface area (Å²) in [6.07, 6.45) is 9.22. The zero-order valence-electron chi connectivity index (χ0n) is 8.05. The second-order valence-corrected chi connectivity index (χ2v) is 4.88. The SMILES string of the molecule is CC1CCC2(CCCCC2)C1O. The Bertz CT molecular complexity index is 153. The van der Waals surface area contributed by atoms with Crippen molar-refractivity contribution in [3.63, 3.8) is 0 Å². The largest absolute Gasteiger partial charge is 0.392 e. The second kappa shape index (κ2) is 3.02. The van der Waals surface area contributed by atoms with Gasteiger partial charge in [-0.3, -0.25) is 0 Å². The molecule has 2 saturated carbocycles. The Morgan fingerprint density at radius 3 is 2.25 bits per heavy atom. The lowest BCUT2D eigenvalue weighted by molar-refractivity contribution is 0.00309. The van der Waals surface area contributed by atoms with Gasteiger partial charge in [0, 0.05) is 0 Å². The van der Waals surface area contributed by atoms with Gasteiger partial charge in [0.05, 0.1) is 6.10 Å². The molecule has 1 heteroatoms. The third-order valence-corrected chi connectivity index (χ3v) is 4.11. The normalized spacial score (nSPS) is 40.5. The second-order valence-electron chi connectivity index (χ2n) is 4.88. The van der Waals surface area contributed by atoms with Crippen LogP contribution in [0.5, 0.6) is 0 Å². The maximum absolute atomic E-state index is 10.1. The molecule has 0 heterocycles. The van der Waals surface area contributed by atoms with Crippen LogP contribution in [0.3, 0.4) is 0 Å². The van der Waals surface area contributed by atoms with E-state index in [0.29, 0.717) is 11.3 Å². The first-order valence-electron chi connectivity index (χ1n) is 5.43. The van der Waals surface area contributed by atoms with Gasteiger partial charge in [0.1, 0.15) is 0 Å². The van der Waals surface area contributed by atoms with E-state index in [1.54, 1.807) is 0 Å². The van der Waals surface area contributed by atoms with Gasteiger partial charge in [0.15, 0.2) is 0 Å². The molecule has 0 aliphatic heterocycles. The van der Waals surface area contributed by atoms with Gasteiger partial charge in [0.2, 0.25) is 0 Å². The van der Waals surface area contributed by atoms with Crippen molar-refractivity contribution in [2.24, 2.45) is 11.3 Å². The van der Waals surface area contributed by atoms with E-state index in [1.165, 1.54) is 44.9 Å². The molecular weight excluding hydrogens is 148 g/mol. The Labute approximate surface area is 75.2 Å². The molecular formula is C11H20O. The molecule has 0 aromatic heterocycles. The maximum Gasteiger partial charge on any atom is 0.0621 e. The fraction of sp³-hybridized carbons (Fsp3) is 1.00. The number of hydrogen-bond donors (Lipinski definition) is 1. The van der Waals surface area contributed by atoms with E-state index < -0.39 is 0 Å². The molecule has 1 spiro atoms.